The van der Waals surface area contributed by atoms with Gasteiger partial charge in [0, 0.05) is 12.4 Å². The zero-order valence-corrected chi connectivity index (χ0v) is 9.78. The van der Waals surface area contributed by atoms with Crippen molar-refractivity contribution in [3.63, 3.8) is 0 Å². The van der Waals surface area contributed by atoms with Gasteiger partial charge in [0.05, 0.1) is 5.56 Å². The van der Waals surface area contributed by atoms with Gasteiger partial charge in [-0.1, -0.05) is 0 Å². The topological polar surface area (TPSA) is 39.2 Å². The second kappa shape index (κ2) is 5.09. The SMILES string of the molecule is Cc1cc(F)c(F)c(OC(=O)c2cccnc2)c1F. The van der Waals surface area contributed by atoms with Gasteiger partial charge in [0.25, 0.3) is 0 Å². The van der Waals surface area contributed by atoms with Crippen LogP contribution in [0.25, 0.3) is 0 Å². The molecule has 0 aliphatic heterocycles. The first kappa shape index (κ1) is 13.1. The van der Waals surface area contributed by atoms with Crippen LogP contribution in [0.4, 0.5) is 13.2 Å². The Kier molecular flexibility index (Phi) is 3.50. The summed E-state index contributed by atoms with van der Waals surface area (Å²) in [6.45, 7) is 1.24. The standard InChI is InChI=1S/C13H8F3NO2/c1-7-5-9(14)11(16)12(10(7)15)19-13(18)8-3-2-4-17-6-8/h2-6H,1H3. The van der Waals surface area contributed by atoms with Crippen molar-refractivity contribution in [3.8, 4) is 5.75 Å². The Bertz CT molecular complexity index is 603. The van der Waals surface area contributed by atoms with E-state index >= 15 is 0 Å². The molecule has 0 atom stereocenters. The lowest BCUT2D eigenvalue weighted by Gasteiger charge is -2.08. The van der Waals surface area contributed by atoms with Gasteiger partial charge in [0.15, 0.2) is 11.6 Å². The Hall–Kier alpha value is -2.37. The highest BCUT2D eigenvalue weighted by Crippen LogP contribution is 2.27. The molecule has 1 heterocycles. The van der Waals surface area contributed by atoms with Crippen molar-refractivity contribution < 1.29 is 22.7 Å². The Morgan fingerprint density at radius 3 is 2.63 bits per heavy atom. The molecule has 0 fully saturated rings. The lowest BCUT2D eigenvalue weighted by molar-refractivity contribution is 0.0718. The number of hydrogen-bond acceptors (Lipinski definition) is 3. The van der Waals surface area contributed by atoms with Crippen LogP contribution in [0.5, 0.6) is 5.75 Å². The molecule has 1 aromatic carbocycles. The van der Waals surface area contributed by atoms with Crippen molar-refractivity contribution in [1.29, 1.82) is 0 Å². The molecule has 0 bridgehead atoms. The Morgan fingerprint density at radius 1 is 1.26 bits per heavy atom. The summed E-state index contributed by atoms with van der Waals surface area (Å²) in [5.41, 5.74) is -0.156. The summed E-state index contributed by atoms with van der Waals surface area (Å²) in [6.07, 6.45) is 2.59. The van der Waals surface area contributed by atoms with Gasteiger partial charge in [0.1, 0.15) is 0 Å². The minimum Gasteiger partial charge on any atom is -0.416 e. The van der Waals surface area contributed by atoms with E-state index in [-0.39, 0.29) is 11.1 Å². The summed E-state index contributed by atoms with van der Waals surface area (Å²) in [5.74, 6) is -6.01. The van der Waals surface area contributed by atoms with Crippen molar-refractivity contribution in [2.75, 3.05) is 0 Å². The number of ether oxygens (including phenoxy) is 1. The fourth-order valence-electron chi connectivity index (χ4n) is 1.43. The van der Waals surface area contributed by atoms with Gasteiger partial charge < -0.3 is 4.74 Å². The van der Waals surface area contributed by atoms with Gasteiger partial charge in [-0.25, -0.2) is 13.6 Å². The Balaban J connectivity index is 2.37. The smallest absolute Gasteiger partial charge is 0.345 e. The summed E-state index contributed by atoms with van der Waals surface area (Å²) in [4.78, 5) is 15.3. The number of nitrogens with zero attached hydrogens (tertiary/aromatic N) is 1. The molecule has 0 saturated heterocycles. The van der Waals surface area contributed by atoms with Crippen molar-refractivity contribution >= 4 is 5.97 Å². The average Bonchev–Trinajstić information content (AvgIpc) is 2.42. The second-order valence-corrected chi connectivity index (χ2v) is 3.76. The molecule has 0 N–H and O–H groups in total. The number of aryl methyl sites for hydroxylation is 1. The zero-order valence-electron chi connectivity index (χ0n) is 9.78. The molecule has 1 aromatic heterocycles. The largest absolute Gasteiger partial charge is 0.416 e. The molecule has 6 heteroatoms. The minimum atomic E-state index is -1.54. The molecule has 3 nitrogen and oxygen atoms in total. The summed E-state index contributed by atoms with van der Waals surface area (Å²) in [5, 5.41) is 0. The predicted molar refractivity (Wildman–Crippen MR) is 60.2 cm³/mol. The van der Waals surface area contributed by atoms with Gasteiger partial charge in [0.2, 0.25) is 11.6 Å². The van der Waals surface area contributed by atoms with Crippen LogP contribution >= 0.6 is 0 Å². The molecule has 0 unspecified atom stereocenters. The van der Waals surface area contributed by atoms with E-state index in [9.17, 15) is 18.0 Å². The first-order chi connectivity index (χ1) is 9.00. The highest BCUT2D eigenvalue weighted by atomic mass is 19.2. The number of halogens is 3. The van der Waals surface area contributed by atoms with E-state index in [1.807, 2.05) is 0 Å². The van der Waals surface area contributed by atoms with Crippen LogP contribution in [-0.4, -0.2) is 11.0 Å². The number of esters is 1. The maximum atomic E-state index is 13.6. The van der Waals surface area contributed by atoms with Crippen LogP contribution in [0.3, 0.4) is 0 Å². The van der Waals surface area contributed by atoms with Crippen LogP contribution in [0.1, 0.15) is 15.9 Å². The molecule has 0 aliphatic rings. The second-order valence-electron chi connectivity index (χ2n) is 3.76. The Labute approximate surface area is 106 Å². The van der Waals surface area contributed by atoms with Crippen molar-refractivity contribution in [2.24, 2.45) is 0 Å². The summed E-state index contributed by atoms with van der Waals surface area (Å²) in [6, 6.07) is 3.50. The van der Waals surface area contributed by atoms with Gasteiger partial charge >= 0.3 is 5.97 Å². The van der Waals surface area contributed by atoms with E-state index in [2.05, 4.69) is 9.72 Å². The number of benzene rings is 1. The molecule has 19 heavy (non-hydrogen) atoms. The van der Waals surface area contributed by atoms with Gasteiger partial charge in [-0.05, 0) is 30.7 Å². The van der Waals surface area contributed by atoms with Crippen LogP contribution < -0.4 is 4.74 Å². The summed E-state index contributed by atoms with van der Waals surface area (Å²) >= 11 is 0. The number of rotatable bonds is 2. The zero-order chi connectivity index (χ0) is 14.0. The molecule has 2 rings (SSSR count). The lowest BCUT2D eigenvalue weighted by atomic mass is 10.2. The third kappa shape index (κ3) is 2.57. The van der Waals surface area contributed by atoms with Crippen molar-refractivity contribution in [2.45, 2.75) is 6.92 Å². The minimum absolute atomic E-state index is 0.00298. The molecular weight excluding hydrogens is 259 g/mol. The van der Waals surface area contributed by atoms with E-state index < -0.39 is 29.2 Å². The first-order valence-electron chi connectivity index (χ1n) is 5.27. The highest BCUT2D eigenvalue weighted by molar-refractivity contribution is 5.90. The van der Waals surface area contributed by atoms with Gasteiger partial charge in [-0.3, -0.25) is 4.98 Å². The molecular formula is C13H8F3NO2. The third-order valence-corrected chi connectivity index (χ3v) is 2.39. The quantitative estimate of drug-likeness (QED) is 0.477. The highest BCUT2D eigenvalue weighted by Gasteiger charge is 2.21. The van der Waals surface area contributed by atoms with Crippen LogP contribution in [0, 0.1) is 24.4 Å². The number of carbonyl (C=O) groups is 1. The molecule has 0 amide bonds. The number of aromatic nitrogens is 1. The molecule has 0 radical (unpaired) electrons. The van der Waals surface area contributed by atoms with Crippen LogP contribution in [0.2, 0.25) is 0 Å². The van der Waals surface area contributed by atoms with Gasteiger partial charge in [-0.15, -0.1) is 0 Å². The molecule has 2 aromatic rings. The van der Waals surface area contributed by atoms with E-state index in [0.717, 1.165) is 0 Å². The van der Waals surface area contributed by atoms with E-state index in [1.54, 1.807) is 0 Å². The van der Waals surface area contributed by atoms with Crippen molar-refractivity contribution in [3.05, 3.63) is 59.2 Å². The van der Waals surface area contributed by atoms with E-state index in [4.69, 9.17) is 0 Å². The summed E-state index contributed by atoms with van der Waals surface area (Å²) < 4.78 is 44.7. The number of hydrogen-bond donors (Lipinski definition) is 0. The predicted octanol–water partition coefficient (Wildman–Crippen LogP) is 3.03. The molecule has 98 valence electrons. The monoisotopic (exact) mass is 267 g/mol. The fourth-order valence-corrected chi connectivity index (χ4v) is 1.43. The molecule has 0 saturated carbocycles. The molecule has 0 aliphatic carbocycles. The van der Waals surface area contributed by atoms with Crippen molar-refractivity contribution in [1.82, 2.24) is 4.98 Å². The van der Waals surface area contributed by atoms with Crippen LogP contribution in [0.15, 0.2) is 30.6 Å². The average molecular weight is 267 g/mol. The fraction of sp³-hybridized carbons (Fsp3) is 0.0769. The number of carbonyl (C=O) groups excluding carboxylic acids is 1. The first-order valence-corrected chi connectivity index (χ1v) is 5.27. The maximum absolute atomic E-state index is 13.6. The number of pyridine rings is 1. The van der Waals surface area contributed by atoms with Crippen LogP contribution in [-0.2, 0) is 0 Å². The van der Waals surface area contributed by atoms with E-state index in [0.29, 0.717) is 6.07 Å². The summed E-state index contributed by atoms with van der Waals surface area (Å²) in [7, 11) is 0. The maximum Gasteiger partial charge on any atom is 0.345 e. The van der Waals surface area contributed by atoms with Gasteiger partial charge in [-0.2, -0.15) is 4.39 Å². The lowest BCUT2D eigenvalue weighted by Crippen LogP contribution is -2.12. The third-order valence-electron chi connectivity index (χ3n) is 2.39. The molecule has 0 spiro atoms. The van der Waals surface area contributed by atoms with E-state index in [1.165, 1.54) is 31.5 Å². The normalized spacial score (nSPS) is 10.3. The Morgan fingerprint density at radius 2 is 2.00 bits per heavy atom.